The van der Waals surface area contributed by atoms with Gasteiger partial charge in [-0.2, -0.15) is 5.10 Å². The molecule has 0 amide bonds. The minimum Gasteiger partial charge on any atom is -0.382 e. The molecule has 1 rings (SSSR count). The standard InChI is InChI=1S/C17H36N2OSi/c1-8-10-15(14-21(6,7)17(2,3)4)18-19-12-9-11-16(19)13-20-5/h16H,8-14H2,1-7H3/b18-15-/t16-/m1/s1. The van der Waals surface area contributed by atoms with Crippen LogP contribution < -0.4 is 0 Å². The highest BCUT2D eigenvalue weighted by molar-refractivity contribution is 6.82. The third-order valence-corrected chi connectivity index (χ3v) is 10.5. The Morgan fingerprint density at radius 3 is 2.52 bits per heavy atom. The molecule has 21 heavy (non-hydrogen) atoms. The number of ether oxygens (including phenoxy) is 1. The zero-order valence-corrected chi connectivity index (χ0v) is 16.3. The summed E-state index contributed by atoms with van der Waals surface area (Å²) < 4.78 is 5.35. The third kappa shape index (κ3) is 5.40. The molecular formula is C17H36N2OSi. The number of methoxy groups -OCH3 is 1. The van der Waals surface area contributed by atoms with Crippen LogP contribution in [-0.2, 0) is 4.74 Å². The summed E-state index contributed by atoms with van der Waals surface area (Å²) in [5.74, 6) is 0. The van der Waals surface area contributed by atoms with Crippen molar-refractivity contribution < 1.29 is 4.74 Å². The first-order valence-electron chi connectivity index (χ1n) is 8.53. The van der Waals surface area contributed by atoms with E-state index in [9.17, 15) is 0 Å². The first-order valence-corrected chi connectivity index (χ1v) is 11.7. The van der Waals surface area contributed by atoms with Crippen molar-refractivity contribution in [3.63, 3.8) is 0 Å². The second-order valence-corrected chi connectivity index (χ2v) is 13.8. The largest absolute Gasteiger partial charge is 0.382 e. The molecule has 0 bridgehead atoms. The summed E-state index contributed by atoms with van der Waals surface area (Å²) >= 11 is 0. The third-order valence-electron chi connectivity index (χ3n) is 5.19. The maximum atomic E-state index is 5.35. The highest BCUT2D eigenvalue weighted by Crippen LogP contribution is 2.39. The van der Waals surface area contributed by atoms with Crippen LogP contribution >= 0.6 is 0 Å². The van der Waals surface area contributed by atoms with Crippen molar-refractivity contribution in [3.8, 4) is 0 Å². The first-order chi connectivity index (χ1) is 9.71. The van der Waals surface area contributed by atoms with Crippen LogP contribution in [0, 0.1) is 0 Å². The van der Waals surface area contributed by atoms with Crippen molar-refractivity contribution in [1.29, 1.82) is 0 Å². The smallest absolute Gasteiger partial charge is 0.0704 e. The molecule has 1 fully saturated rings. The Morgan fingerprint density at radius 1 is 1.33 bits per heavy atom. The summed E-state index contributed by atoms with van der Waals surface area (Å²) in [5.41, 5.74) is 1.42. The minimum atomic E-state index is -1.31. The number of hydrazone groups is 1. The van der Waals surface area contributed by atoms with Gasteiger partial charge in [0.05, 0.1) is 20.7 Å². The second kappa shape index (κ2) is 7.77. The zero-order chi connectivity index (χ0) is 16.1. The van der Waals surface area contributed by atoms with Crippen LogP contribution in [-0.4, -0.2) is 45.1 Å². The molecule has 4 heteroatoms. The fraction of sp³-hybridized carbons (Fsp3) is 0.941. The van der Waals surface area contributed by atoms with E-state index < -0.39 is 8.07 Å². The van der Waals surface area contributed by atoms with Crippen molar-refractivity contribution in [3.05, 3.63) is 0 Å². The zero-order valence-electron chi connectivity index (χ0n) is 15.3. The molecule has 124 valence electrons. The summed E-state index contributed by atoms with van der Waals surface area (Å²) in [4.78, 5) is 0. The van der Waals surface area contributed by atoms with Gasteiger partial charge >= 0.3 is 0 Å². The average Bonchev–Trinajstić information content (AvgIpc) is 2.75. The van der Waals surface area contributed by atoms with E-state index in [-0.39, 0.29) is 0 Å². The van der Waals surface area contributed by atoms with Crippen molar-refractivity contribution in [2.45, 2.75) is 83.6 Å². The van der Waals surface area contributed by atoms with Gasteiger partial charge in [-0.15, -0.1) is 0 Å². The molecule has 1 aliphatic rings. The lowest BCUT2D eigenvalue weighted by Gasteiger charge is -2.37. The van der Waals surface area contributed by atoms with Gasteiger partial charge in [0, 0.05) is 19.4 Å². The second-order valence-electron chi connectivity index (χ2n) is 8.14. The molecule has 1 aliphatic heterocycles. The number of nitrogens with zero attached hydrogens (tertiary/aromatic N) is 2. The van der Waals surface area contributed by atoms with Crippen molar-refractivity contribution in [2.24, 2.45) is 5.10 Å². The fourth-order valence-electron chi connectivity index (χ4n) is 2.73. The Hall–Kier alpha value is -0.353. The Balaban J connectivity index is 2.83. The predicted molar refractivity (Wildman–Crippen MR) is 96.0 cm³/mol. The van der Waals surface area contributed by atoms with Gasteiger partial charge in [0.25, 0.3) is 0 Å². The van der Waals surface area contributed by atoms with E-state index >= 15 is 0 Å². The van der Waals surface area contributed by atoms with E-state index in [0.29, 0.717) is 11.1 Å². The molecule has 0 spiro atoms. The summed E-state index contributed by atoms with van der Waals surface area (Å²) in [6.45, 7) is 16.4. The molecule has 1 heterocycles. The van der Waals surface area contributed by atoms with Gasteiger partial charge in [0.15, 0.2) is 0 Å². The van der Waals surface area contributed by atoms with Crippen LogP contribution in [0.15, 0.2) is 5.10 Å². The van der Waals surface area contributed by atoms with E-state index in [1.165, 1.54) is 31.0 Å². The Kier molecular flexibility index (Phi) is 6.92. The Labute approximate surface area is 133 Å². The maximum Gasteiger partial charge on any atom is 0.0704 e. The molecule has 0 aromatic rings. The van der Waals surface area contributed by atoms with E-state index in [0.717, 1.165) is 19.6 Å². The maximum absolute atomic E-state index is 5.35. The van der Waals surface area contributed by atoms with Crippen molar-refractivity contribution >= 4 is 13.8 Å². The molecule has 0 aromatic heterocycles. The highest BCUT2D eigenvalue weighted by Gasteiger charge is 2.36. The summed E-state index contributed by atoms with van der Waals surface area (Å²) in [5, 5.41) is 7.80. The summed E-state index contributed by atoms with van der Waals surface area (Å²) in [7, 11) is 0.488. The van der Waals surface area contributed by atoms with Gasteiger partial charge in [0.1, 0.15) is 0 Å². The normalized spacial score (nSPS) is 21.2. The molecule has 1 atom stereocenters. The fourth-order valence-corrected chi connectivity index (χ4v) is 4.53. The van der Waals surface area contributed by atoms with Crippen LogP contribution in [0.4, 0.5) is 0 Å². The highest BCUT2D eigenvalue weighted by atomic mass is 28.3. The Bertz CT molecular complexity index is 347. The van der Waals surface area contributed by atoms with Crippen LogP contribution in [0.2, 0.25) is 24.2 Å². The van der Waals surface area contributed by atoms with E-state index in [4.69, 9.17) is 9.84 Å². The lowest BCUT2D eigenvalue weighted by Crippen LogP contribution is -2.40. The Morgan fingerprint density at radius 2 is 2.00 bits per heavy atom. The first kappa shape index (κ1) is 18.7. The number of hydrogen-bond acceptors (Lipinski definition) is 3. The molecule has 0 aromatic carbocycles. The molecule has 0 aliphatic carbocycles. The molecule has 0 N–H and O–H groups in total. The number of hydrogen-bond donors (Lipinski definition) is 0. The SMILES string of the molecule is CCC/C(C[Si](C)(C)C(C)(C)C)=N/N1CCC[C@@H]1COC. The molecule has 1 saturated heterocycles. The van der Waals surface area contributed by atoms with E-state index in [2.05, 4.69) is 45.8 Å². The molecular weight excluding hydrogens is 276 g/mol. The van der Waals surface area contributed by atoms with Gasteiger partial charge in [-0.1, -0.05) is 47.2 Å². The van der Waals surface area contributed by atoms with Crippen molar-refractivity contribution in [1.82, 2.24) is 5.01 Å². The van der Waals surface area contributed by atoms with Gasteiger partial charge in [-0.05, 0) is 30.3 Å². The molecule has 0 unspecified atom stereocenters. The summed E-state index contributed by atoms with van der Waals surface area (Å²) in [6.07, 6.45) is 4.80. The minimum absolute atomic E-state index is 0.429. The predicted octanol–water partition coefficient (Wildman–Crippen LogP) is 4.76. The lowest BCUT2D eigenvalue weighted by atomic mass is 10.2. The van der Waals surface area contributed by atoms with Gasteiger partial charge < -0.3 is 4.74 Å². The van der Waals surface area contributed by atoms with Gasteiger partial charge in [-0.25, -0.2) is 0 Å². The average molecular weight is 313 g/mol. The lowest BCUT2D eigenvalue weighted by molar-refractivity contribution is 0.117. The number of rotatable bonds is 7. The van der Waals surface area contributed by atoms with Crippen LogP contribution in [0.3, 0.4) is 0 Å². The molecule has 3 nitrogen and oxygen atoms in total. The quantitative estimate of drug-likeness (QED) is 0.500. The topological polar surface area (TPSA) is 24.8 Å². The molecule has 0 radical (unpaired) electrons. The van der Waals surface area contributed by atoms with Crippen LogP contribution in [0.1, 0.15) is 53.4 Å². The van der Waals surface area contributed by atoms with Crippen LogP contribution in [0.5, 0.6) is 0 Å². The van der Waals surface area contributed by atoms with Crippen molar-refractivity contribution in [2.75, 3.05) is 20.3 Å². The summed E-state index contributed by atoms with van der Waals surface area (Å²) in [6, 6.07) is 1.71. The molecule has 0 saturated carbocycles. The van der Waals surface area contributed by atoms with Crippen LogP contribution in [0.25, 0.3) is 0 Å². The van der Waals surface area contributed by atoms with E-state index in [1.54, 1.807) is 7.11 Å². The van der Waals surface area contributed by atoms with Gasteiger partial charge in [0.2, 0.25) is 0 Å². The van der Waals surface area contributed by atoms with E-state index in [1.807, 2.05) is 0 Å². The van der Waals surface area contributed by atoms with Gasteiger partial charge in [-0.3, -0.25) is 5.01 Å². The monoisotopic (exact) mass is 312 g/mol.